The first-order valence-corrected chi connectivity index (χ1v) is 6.29. The maximum atomic E-state index is 11.6. The van der Waals surface area contributed by atoms with Gasteiger partial charge in [0.05, 0.1) is 29.5 Å². The van der Waals surface area contributed by atoms with Gasteiger partial charge in [0.15, 0.2) is 0 Å². The van der Waals surface area contributed by atoms with Gasteiger partial charge in [-0.3, -0.25) is 0 Å². The lowest BCUT2D eigenvalue weighted by Gasteiger charge is -2.35. The quantitative estimate of drug-likeness (QED) is 0.815. The van der Waals surface area contributed by atoms with Gasteiger partial charge < -0.3 is 15.1 Å². The Kier molecular flexibility index (Phi) is 2.74. The van der Waals surface area contributed by atoms with Gasteiger partial charge in [-0.05, 0) is 6.42 Å². The summed E-state index contributed by atoms with van der Waals surface area (Å²) in [6.07, 6.45) is 4.11. The fraction of sp³-hybridized carbons (Fsp3) is 0.545. The highest BCUT2D eigenvalue weighted by atomic mass is 35.5. The summed E-state index contributed by atoms with van der Waals surface area (Å²) in [5.41, 5.74) is 0. The zero-order valence-corrected chi connectivity index (χ0v) is 10.8. The largest absolute Gasteiger partial charge is 0.339 e. The summed E-state index contributed by atoms with van der Waals surface area (Å²) >= 11 is 5.77. The molecule has 2 atom stereocenters. The second-order valence-corrected chi connectivity index (χ2v) is 5.11. The molecule has 2 amide bonds. The Morgan fingerprint density at radius 3 is 2.89 bits per heavy atom. The lowest BCUT2D eigenvalue weighted by molar-refractivity contribution is 0.211. The zero-order valence-electron chi connectivity index (χ0n) is 10.0. The van der Waals surface area contributed by atoms with Crippen LogP contribution in [0.25, 0.3) is 0 Å². The summed E-state index contributed by atoms with van der Waals surface area (Å²) in [7, 11) is 1.84. The monoisotopic (exact) mass is 267 g/mol. The number of urea groups is 1. The molecule has 0 unspecified atom stereocenters. The van der Waals surface area contributed by atoms with E-state index in [1.165, 1.54) is 0 Å². The SMILES string of the molecule is CN1C(=O)N[C@@H]2CN(c3ncc(Cl)cn3)CC[C@@H]21. The Hall–Kier alpha value is -1.56. The average Bonchev–Trinajstić information content (AvgIpc) is 2.65. The Morgan fingerprint density at radius 2 is 2.17 bits per heavy atom. The molecular weight excluding hydrogens is 254 g/mol. The van der Waals surface area contributed by atoms with E-state index in [2.05, 4.69) is 20.2 Å². The second-order valence-electron chi connectivity index (χ2n) is 4.67. The van der Waals surface area contributed by atoms with Gasteiger partial charge in [-0.25, -0.2) is 14.8 Å². The van der Waals surface area contributed by atoms with Gasteiger partial charge in [-0.2, -0.15) is 0 Å². The van der Waals surface area contributed by atoms with Crippen LogP contribution in [0.2, 0.25) is 5.02 Å². The van der Waals surface area contributed by atoms with Crippen LogP contribution in [0.1, 0.15) is 6.42 Å². The van der Waals surface area contributed by atoms with Gasteiger partial charge in [0.25, 0.3) is 0 Å². The van der Waals surface area contributed by atoms with Gasteiger partial charge in [0.1, 0.15) is 0 Å². The number of anilines is 1. The number of nitrogens with one attached hydrogen (secondary N) is 1. The van der Waals surface area contributed by atoms with Crippen LogP contribution in [-0.4, -0.2) is 53.1 Å². The van der Waals surface area contributed by atoms with Crippen molar-refractivity contribution in [1.82, 2.24) is 20.2 Å². The first-order chi connectivity index (χ1) is 8.65. The van der Waals surface area contributed by atoms with E-state index >= 15 is 0 Å². The van der Waals surface area contributed by atoms with Crippen LogP contribution in [0.3, 0.4) is 0 Å². The zero-order chi connectivity index (χ0) is 12.7. The molecule has 1 aromatic heterocycles. The standard InChI is InChI=1S/C11H14ClN5O/c1-16-9-2-3-17(6-8(9)15-11(16)18)10-13-4-7(12)5-14-10/h4-5,8-9H,2-3,6H2,1H3,(H,15,18)/t8-,9+/m1/s1. The molecular formula is C11H14ClN5O. The van der Waals surface area contributed by atoms with Crippen LogP contribution in [-0.2, 0) is 0 Å². The molecule has 6 nitrogen and oxygen atoms in total. The Morgan fingerprint density at radius 1 is 1.44 bits per heavy atom. The minimum Gasteiger partial charge on any atom is -0.339 e. The Labute approximate surface area is 110 Å². The number of nitrogens with zero attached hydrogens (tertiary/aromatic N) is 4. The highest BCUT2D eigenvalue weighted by Gasteiger charge is 2.41. The number of piperidine rings is 1. The number of amides is 2. The molecule has 18 heavy (non-hydrogen) atoms. The topological polar surface area (TPSA) is 61.4 Å². The number of rotatable bonds is 1. The molecule has 1 aromatic rings. The smallest absolute Gasteiger partial charge is 0.317 e. The number of carbonyl (C=O) groups excluding carboxylic acids is 1. The number of hydrogen-bond donors (Lipinski definition) is 1. The summed E-state index contributed by atoms with van der Waals surface area (Å²) < 4.78 is 0. The molecule has 1 N–H and O–H groups in total. The molecule has 0 aromatic carbocycles. The minimum absolute atomic E-state index is 0.00359. The van der Waals surface area contributed by atoms with Crippen molar-refractivity contribution in [3.63, 3.8) is 0 Å². The lowest BCUT2D eigenvalue weighted by Crippen LogP contribution is -2.51. The Bertz CT molecular complexity index is 465. The molecule has 0 aliphatic carbocycles. The molecule has 3 rings (SSSR count). The van der Waals surface area contributed by atoms with Crippen molar-refractivity contribution in [3.05, 3.63) is 17.4 Å². The van der Waals surface area contributed by atoms with Gasteiger partial charge in [0, 0.05) is 20.1 Å². The van der Waals surface area contributed by atoms with Crippen molar-refractivity contribution in [2.75, 3.05) is 25.0 Å². The predicted octanol–water partition coefficient (Wildman–Crippen LogP) is 0.732. The lowest BCUT2D eigenvalue weighted by atomic mass is 10.0. The van der Waals surface area contributed by atoms with Gasteiger partial charge in [-0.15, -0.1) is 0 Å². The summed E-state index contributed by atoms with van der Waals surface area (Å²) in [4.78, 5) is 23.9. The molecule has 0 bridgehead atoms. The molecule has 96 valence electrons. The number of hydrogen-bond acceptors (Lipinski definition) is 4. The van der Waals surface area contributed by atoms with Crippen LogP contribution in [0, 0.1) is 0 Å². The van der Waals surface area contributed by atoms with E-state index in [0.29, 0.717) is 11.0 Å². The van der Waals surface area contributed by atoms with Crippen molar-refractivity contribution in [1.29, 1.82) is 0 Å². The summed E-state index contributed by atoms with van der Waals surface area (Å²) in [6.45, 7) is 1.59. The van der Waals surface area contributed by atoms with Crippen molar-refractivity contribution in [2.45, 2.75) is 18.5 Å². The summed E-state index contributed by atoms with van der Waals surface area (Å²) in [6, 6.07) is 0.431. The average molecular weight is 268 g/mol. The molecule has 0 radical (unpaired) electrons. The van der Waals surface area contributed by atoms with E-state index in [1.807, 2.05) is 7.05 Å². The fourth-order valence-corrected chi connectivity index (χ4v) is 2.70. The third-order valence-electron chi connectivity index (χ3n) is 3.59. The van der Waals surface area contributed by atoms with E-state index in [-0.39, 0.29) is 18.1 Å². The van der Waals surface area contributed by atoms with Gasteiger partial charge in [0.2, 0.25) is 5.95 Å². The number of fused-ring (bicyclic) bond motifs is 1. The first kappa shape index (κ1) is 11.5. The van der Waals surface area contributed by atoms with Crippen molar-refractivity contribution in [2.24, 2.45) is 0 Å². The second kappa shape index (κ2) is 4.28. The third-order valence-corrected chi connectivity index (χ3v) is 3.79. The maximum absolute atomic E-state index is 11.6. The predicted molar refractivity (Wildman–Crippen MR) is 67.7 cm³/mol. The molecule has 7 heteroatoms. The van der Waals surface area contributed by atoms with Crippen LogP contribution < -0.4 is 10.2 Å². The highest BCUT2D eigenvalue weighted by Crippen LogP contribution is 2.23. The number of carbonyl (C=O) groups is 1. The van der Waals surface area contributed by atoms with Gasteiger partial charge >= 0.3 is 6.03 Å². The number of likely N-dealkylation sites (N-methyl/N-ethyl adjacent to an activating group) is 1. The molecule has 2 saturated heterocycles. The summed E-state index contributed by atoms with van der Waals surface area (Å²) in [5, 5.41) is 3.51. The van der Waals surface area contributed by atoms with E-state index in [4.69, 9.17) is 11.6 Å². The molecule has 3 heterocycles. The third kappa shape index (κ3) is 1.86. The van der Waals surface area contributed by atoms with Crippen LogP contribution in [0.4, 0.5) is 10.7 Å². The van der Waals surface area contributed by atoms with Crippen molar-refractivity contribution >= 4 is 23.6 Å². The van der Waals surface area contributed by atoms with E-state index in [0.717, 1.165) is 19.5 Å². The van der Waals surface area contributed by atoms with Crippen LogP contribution in [0.5, 0.6) is 0 Å². The Balaban J connectivity index is 1.75. The van der Waals surface area contributed by atoms with Gasteiger partial charge in [-0.1, -0.05) is 11.6 Å². The van der Waals surface area contributed by atoms with E-state index in [9.17, 15) is 4.79 Å². The van der Waals surface area contributed by atoms with Crippen LogP contribution in [0.15, 0.2) is 12.4 Å². The molecule has 2 aliphatic heterocycles. The molecule has 0 spiro atoms. The molecule has 2 aliphatic rings. The summed E-state index contributed by atoms with van der Waals surface area (Å²) in [5.74, 6) is 0.668. The maximum Gasteiger partial charge on any atom is 0.317 e. The van der Waals surface area contributed by atoms with Crippen LogP contribution >= 0.6 is 11.6 Å². The number of halogens is 1. The fourth-order valence-electron chi connectivity index (χ4n) is 2.61. The minimum atomic E-state index is 0.00359. The normalized spacial score (nSPS) is 27.1. The van der Waals surface area contributed by atoms with E-state index < -0.39 is 0 Å². The number of aromatic nitrogens is 2. The first-order valence-electron chi connectivity index (χ1n) is 5.91. The highest BCUT2D eigenvalue weighted by molar-refractivity contribution is 6.30. The molecule has 2 fully saturated rings. The van der Waals surface area contributed by atoms with E-state index in [1.54, 1.807) is 17.3 Å². The molecule has 0 saturated carbocycles. The van der Waals surface area contributed by atoms with Crippen molar-refractivity contribution < 1.29 is 4.79 Å². The van der Waals surface area contributed by atoms with Crippen molar-refractivity contribution in [3.8, 4) is 0 Å².